The van der Waals surface area contributed by atoms with E-state index in [1.807, 2.05) is 30.3 Å². The second kappa shape index (κ2) is 6.80. The number of hydrogen-bond acceptors (Lipinski definition) is 3. The SMILES string of the molecule is CNC(COc1ccccc1)C1CCOC2(CCCC2)C1. The van der Waals surface area contributed by atoms with Crippen molar-refractivity contribution in [1.29, 1.82) is 0 Å². The zero-order chi connectivity index (χ0) is 14.5. The van der Waals surface area contributed by atoms with E-state index in [-0.39, 0.29) is 5.60 Å². The van der Waals surface area contributed by atoms with E-state index in [0.29, 0.717) is 12.0 Å². The van der Waals surface area contributed by atoms with E-state index in [4.69, 9.17) is 9.47 Å². The molecule has 0 bridgehead atoms. The average molecular weight is 289 g/mol. The molecule has 0 aromatic heterocycles. The summed E-state index contributed by atoms with van der Waals surface area (Å²) < 4.78 is 12.1. The Morgan fingerprint density at radius 1 is 1.29 bits per heavy atom. The van der Waals surface area contributed by atoms with E-state index in [1.54, 1.807) is 0 Å². The number of likely N-dealkylation sites (N-methyl/N-ethyl adjacent to an activating group) is 1. The van der Waals surface area contributed by atoms with Crippen LogP contribution in [0.4, 0.5) is 0 Å². The summed E-state index contributed by atoms with van der Waals surface area (Å²) in [6, 6.07) is 10.5. The fourth-order valence-electron chi connectivity index (χ4n) is 3.93. The Morgan fingerprint density at radius 3 is 2.76 bits per heavy atom. The van der Waals surface area contributed by atoms with Gasteiger partial charge in [0.1, 0.15) is 12.4 Å². The summed E-state index contributed by atoms with van der Waals surface area (Å²) in [4.78, 5) is 0. The molecule has 1 saturated carbocycles. The second-order valence-electron chi connectivity index (χ2n) is 6.51. The van der Waals surface area contributed by atoms with Crippen molar-refractivity contribution in [2.45, 2.75) is 50.2 Å². The van der Waals surface area contributed by atoms with Crippen molar-refractivity contribution in [1.82, 2.24) is 5.32 Å². The van der Waals surface area contributed by atoms with E-state index in [0.717, 1.165) is 25.4 Å². The quantitative estimate of drug-likeness (QED) is 0.901. The minimum atomic E-state index is 0.185. The van der Waals surface area contributed by atoms with Crippen LogP contribution in [0.25, 0.3) is 0 Å². The molecule has 1 aromatic rings. The Kier molecular flexibility index (Phi) is 4.81. The lowest BCUT2D eigenvalue weighted by atomic mass is 9.81. The first-order valence-electron chi connectivity index (χ1n) is 8.30. The van der Waals surface area contributed by atoms with Gasteiger partial charge >= 0.3 is 0 Å². The van der Waals surface area contributed by atoms with E-state index in [2.05, 4.69) is 12.4 Å². The highest BCUT2D eigenvalue weighted by Crippen LogP contribution is 2.42. The zero-order valence-corrected chi connectivity index (χ0v) is 13.0. The fourth-order valence-corrected chi connectivity index (χ4v) is 3.93. The molecule has 116 valence electrons. The number of rotatable bonds is 5. The molecule has 3 rings (SSSR count). The number of ether oxygens (including phenoxy) is 2. The van der Waals surface area contributed by atoms with Crippen molar-refractivity contribution in [2.24, 2.45) is 5.92 Å². The molecule has 1 N–H and O–H groups in total. The molecule has 2 atom stereocenters. The summed E-state index contributed by atoms with van der Waals surface area (Å²) in [6.45, 7) is 1.65. The van der Waals surface area contributed by atoms with E-state index in [1.165, 1.54) is 32.1 Å². The fraction of sp³-hybridized carbons (Fsp3) is 0.667. The first-order chi connectivity index (χ1) is 10.3. The van der Waals surface area contributed by atoms with Crippen molar-refractivity contribution in [2.75, 3.05) is 20.3 Å². The first-order valence-corrected chi connectivity index (χ1v) is 8.30. The Morgan fingerprint density at radius 2 is 2.05 bits per heavy atom. The Hall–Kier alpha value is -1.06. The smallest absolute Gasteiger partial charge is 0.119 e. The van der Waals surface area contributed by atoms with Crippen molar-refractivity contribution in [3.63, 3.8) is 0 Å². The summed E-state index contributed by atoms with van der Waals surface area (Å²) in [5.74, 6) is 1.62. The van der Waals surface area contributed by atoms with Gasteiger partial charge in [0.15, 0.2) is 0 Å². The van der Waals surface area contributed by atoms with Gasteiger partial charge in [0.25, 0.3) is 0 Å². The summed E-state index contributed by atoms with van der Waals surface area (Å²) in [5.41, 5.74) is 0.185. The lowest BCUT2D eigenvalue weighted by molar-refractivity contribution is -0.0992. The first kappa shape index (κ1) is 14.9. The third kappa shape index (κ3) is 3.58. The van der Waals surface area contributed by atoms with Crippen LogP contribution in [-0.4, -0.2) is 31.9 Å². The van der Waals surface area contributed by atoms with Gasteiger partial charge in [-0.05, 0) is 50.8 Å². The van der Waals surface area contributed by atoms with Crippen molar-refractivity contribution < 1.29 is 9.47 Å². The van der Waals surface area contributed by atoms with Crippen LogP contribution in [0.3, 0.4) is 0 Å². The highest BCUT2D eigenvalue weighted by Gasteiger charge is 2.41. The molecule has 3 nitrogen and oxygen atoms in total. The Balaban J connectivity index is 1.57. The zero-order valence-electron chi connectivity index (χ0n) is 13.0. The van der Waals surface area contributed by atoms with Gasteiger partial charge in [-0.1, -0.05) is 31.0 Å². The molecule has 2 unspecified atom stereocenters. The molecule has 0 amide bonds. The van der Waals surface area contributed by atoms with Gasteiger partial charge in [0, 0.05) is 12.6 Å². The van der Waals surface area contributed by atoms with Gasteiger partial charge < -0.3 is 14.8 Å². The van der Waals surface area contributed by atoms with Gasteiger partial charge in [0.2, 0.25) is 0 Å². The molecule has 1 aromatic carbocycles. The third-order valence-electron chi connectivity index (χ3n) is 5.16. The largest absolute Gasteiger partial charge is 0.492 e. The van der Waals surface area contributed by atoms with Crippen molar-refractivity contribution in [3.05, 3.63) is 30.3 Å². The predicted molar refractivity (Wildman–Crippen MR) is 84.7 cm³/mol. The topological polar surface area (TPSA) is 30.5 Å². The highest BCUT2D eigenvalue weighted by molar-refractivity contribution is 5.21. The Bertz CT molecular complexity index is 428. The lowest BCUT2D eigenvalue weighted by Gasteiger charge is -2.41. The number of nitrogens with one attached hydrogen (secondary N) is 1. The molecule has 1 saturated heterocycles. The van der Waals surface area contributed by atoms with Gasteiger partial charge in [-0.2, -0.15) is 0 Å². The normalized spacial score (nSPS) is 25.9. The van der Waals surface area contributed by atoms with Crippen LogP contribution < -0.4 is 10.1 Å². The molecular weight excluding hydrogens is 262 g/mol. The predicted octanol–water partition coefficient (Wildman–Crippen LogP) is 3.39. The number of hydrogen-bond donors (Lipinski definition) is 1. The Labute approximate surface area is 128 Å². The summed E-state index contributed by atoms with van der Waals surface area (Å²) in [5, 5.41) is 3.47. The van der Waals surface area contributed by atoms with E-state index < -0.39 is 0 Å². The van der Waals surface area contributed by atoms with Crippen LogP contribution in [0, 0.1) is 5.92 Å². The maximum atomic E-state index is 6.15. The van der Waals surface area contributed by atoms with Crippen LogP contribution >= 0.6 is 0 Å². The number of para-hydroxylation sites is 1. The summed E-state index contributed by atoms with van der Waals surface area (Å²) in [7, 11) is 2.05. The standard InChI is InChI=1S/C18H27NO2/c1-19-17(14-20-16-7-3-2-4-8-16)15-9-12-21-18(13-15)10-5-6-11-18/h2-4,7-8,15,17,19H,5-6,9-14H2,1H3. The van der Waals surface area contributed by atoms with Crippen LogP contribution in [0.5, 0.6) is 5.75 Å². The van der Waals surface area contributed by atoms with E-state index in [9.17, 15) is 0 Å². The molecular formula is C18H27NO2. The monoisotopic (exact) mass is 289 g/mol. The summed E-state index contributed by atoms with van der Waals surface area (Å²) in [6.07, 6.45) is 7.50. The molecule has 3 heteroatoms. The van der Waals surface area contributed by atoms with Gasteiger partial charge in [-0.3, -0.25) is 0 Å². The van der Waals surface area contributed by atoms with Crippen molar-refractivity contribution in [3.8, 4) is 5.75 Å². The molecule has 2 fully saturated rings. The van der Waals surface area contributed by atoms with Crippen LogP contribution in [0.15, 0.2) is 30.3 Å². The molecule has 0 radical (unpaired) electrons. The average Bonchev–Trinajstić information content (AvgIpc) is 2.97. The van der Waals surface area contributed by atoms with Gasteiger partial charge in [-0.25, -0.2) is 0 Å². The number of benzene rings is 1. The third-order valence-corrected chi connectivity index (χ3v) is 5.16. The lowest BCUT2D eigenvalue weighted by Crippen LogP contribution is -2.47. The summed E-state index contributed by atoms with van der Waals surface area (Å²) >= 11 is 0. The molecule has 2 aliphatic rings. The molecule has 1 aliphatic carbocycles. The minimum absolute atomic E-state index is 0.185. The van der Waals surface area contributed by atoms with Gasteiger partial charge in [0.05, 0.1) is 5.60 Å². The molecule has 1 heterocycles. The van der Waals surface area contributed by atoms with Crippen LogP contribution in [0.2, 0.25) is 0 Å². The molecule has 1 aliphatic heterocycles. The van der Waals surface area contributed by atoms with E-state index >= 15 is 0 Å². The molecule has 1 spiro atoms. The molecule has 21 heavy (non-hydrogen) atoms. The second-order valence-corrected chi connectivity index (χ2v) is 6.51. The van der Waals surface area contributed by atoms with Gasteiger partial charge in [-0.15, -0.1) is 0 Å². The van der Waals surface area contributed by atoms with Crippen LogP contribution in [-0.2, 0) is 4.74 Å². The highest BCUT2D eigenvalue weighted by atomic mass is 16.5. The van der Waals surface area contributed by atoms with Crippen LogP contribution in [0.1, 0.15) is 38.5 Å². The maximum absolute atomic E-state index is 6.15. The van der Waals surface area contributed by atoms with Crippen molar-refractivity contribution >= 4 is 0 Å². The minimum Gasteiger partial charge on any atom is -0.492 e. The maximum Gasteiger partial charge on any atom is 0.119 e.